The van der Waals surface area contributed by atoms with Crippen LogP contribution in [-0.4, -0.2) is 33.4 Å². The quantitative estimate of drug-likeness (QED) is 0.121. The zero-order valence-corrected chi connectivity index (χ0v) is 21.8. The van der Waals surface area contributed by atoms with Crippen molar-refractivity contribution in [2.75, 3.05) is 18.5 Å². The van der Waals surface area contributed by atoms with E-state index in [4.69, 9.17) is 14.5 Å². The first-order chi connectivity index (χ1) is 18.2. The maximum absolute atomic E-state index is 14.3. The highest BCUT2D eigenvalue weighted by Crippen LogP contribution is 2.33. The van der Waals surface area contributed by atoms with Gasteiger partial charge in [-0.2, -0.15) is 0 Å². The van der Waals surface area contributed by atoms with E-state index in [1.54, 1.807) is 67.8 Å². The van der Waals surface area contributed by atoms with E-state index in [0.29, 0.717) is 22.7 Å². The molecule has 38 heavy (non-hydrogen) atoms. The molecule has 0 aliphatic carbocycles. The summed E-state index contributed by atoms with van der Waals surface area (Å²) in [5.41, 5.74) is 1.59. The number of hydrogen-bond acceptors (Lipinski definition) is 7. The monoisotopic (exact) mass is 531 g/mol. The molecule has 194 valence electrons. The van der Waals surface area contributed by atoms with Crippen LogP contribution in [0, 0.1) is 17.0 Å². The van der Waals surface area contributed by atoms with Crippen LogP contribution in [0.4, 0.5) is 17.1 Å². The molecule has 0 bridgehead atoms. The number of rotatable bonds is 8. The molecule has 0 saturated carbocycles. The van der Waals surface area contributed by atoms with E-state index >= 15 is 0 Å². The van der Waals surface area contributed by atoms with Crippen LogP contribution in [0.5, 0.6) is 11.5 Å². The van der Waals surface area contributed by atoms with Crippen LogP contribution in [0.15, 0.2) is 107 Å². The number of hydrogen-bond donors (Lipinski definition) is 0. The van der Waals surface area contributed by atoms with Gasteiger partial charge in [-0.05, 0) is 61.5 Å². The average molecular weight is 532 g/mol. The molecule has 0 amide bonds. The summed E-state index contributed by atoms with van der Waals surface area (Å²) in [5.74, 6) is 1.18. The Bertz CT molecular complexity index is 1570. The highest BCUT2D eigenvalue weighted by atomic mass is 32.2. The van der Waals surface area contributed by atoms with Crippen molar-refractivity contribution in [2.45, 2.75) is 11.8 Å². The van der Waals surface area contributed by atoms with E-state index in [-0.39, 0.29) is 11.5 Å². The zero-order chi connectivity index (χ0) is 27.3. The van der Waals surface area contributed by atoms with Crippen LogP contribution in [0.3, 0.4) is 0 Å². The van der Waals surface area contributed by atoms with Gasteiger partial charge < -0.3 is 9.47 Å². The summed E-state index contributed by atoms with van der Waals surface area (Å²) in [6.07, 6.45) is 0. The van der Waals surface area contributed by atoms with Crippen molar-refractivity contribution in [1.82, 2.24) is 0 Å². The molecule has 0 aromatic heterocycles. The number of methoxy groups -OCH3 is 2. The summed E-state index contributed by atoms with van der Waals surface area (Å²) >= 11 is 0. The van der Waals surface area contributed by atoms with Gasteiger partial charge in [-0.1, -0.05) is 42.0 Å². The van der Waals surface area contributed by atoms with Gasteiger partial charge in [-0.25, -0.2) is 17.7 Å². The number of ether oxygens (including phenoxy) is 2. The predicted molar refractivity (Wildman–Crippen MR) is 146 cm³/mol. The molecule has 0 spiro atoms. The minimum atomic E-state index is -4.54. The molecule has 0 aliphatic rings. The fourth-order valence-electron chi connectivity index (χ4n) is 3.73. The Balaban J connectivity index is 2.03. The minimum Gasteiger partial charge on any atom is -0.497 e. The summed E-state index contributed by atoms with van der Waals surface area (Å²) in [5, 5.41) is 11.8. The van der Waals surface area contributed by atoms with Gasteiger partial charge in [0.05, 0.1) is 30.5 Å². The lowest BCUT2D eigenvalue weighted by molar-refractivity contribution is -0.387. The van der Waals surface area contributed by atoms with Crippen molar-refractivity contribution in [3.05, 3.63) is 118 Å². The van der Waals surface area contributed by atoms with E-state index in [1.807, 2.05) is 19.1 Å². The number of aliphatic imine (C=N–C) groups is 1. The lowest BCUT2D eigenvalue weighted by Gasteiger charge is -2.26. The SMILES string of the molecule is COc1ccc(N=C(c2ccc(C)cc2)N(c2ccc(OC)cc2)S(=O)(=O)c2ccccc2[N+](=O)[O-])cc1. The third-order valence-corrected chi connectivity index (χ3v) is 7.46. The number of anilines is 1. The van der Waals surface area contributed by atoms with Crippen LogP contribution < -0.4 is 13.8 Å². The van der Waals surface area contributed by atoms with Crippen LogP contribution in [0.1, 0.15) is 11.1 Å². The maximum Gasteiger partial charge on any atom is 0.289 e. The van der Waals surface area contributed by atoms with Gasteiger partial charge in [0, 0.05) is 11.6 Å². The number of nitrogens with zero attached hydrogens (tertiary/aromatic N) is 3. The van der Waals surface area contributed by atoms with Crippen molar-refractivity contribution in [2.24, 2.45) is 4.99 Å². The molecule has 10 heteroatoms. The highest BCUT2D eigenvalue weighted by Gasteiger charge is 2.35. The number of aryl methyl sites for hydroxylation is 1. The van der Waals surface area contributed by atoms with Crippen LogP contribution >= 0.6 is 0 Å². The van der Waals surface area contributed by atoms with Gasteiger partial charge in [-0.15, -0.1) is 0 Å². The summed E-state index contributed by atoms with van der Waals surface area (Å²) in [6, 6.07) is 25.5. The number of sulfonamides is 1. The average Bonchev–Trinajstić information content (AvgIpc) is 2.93. The fourth-order valence-corrected chi connectivity index (χ4v) is 5.35. The van der Waals surface area contributed by atoms with E-state index in [2.05, 4.69) is 0 Å². The largest absolute Gasteiger partial charge is 0.497 e. The highest BCUT2D eigenvalue weighted by molar-refractivity contribution is 7.93. The summed E-state index contributed by atoms with van der Waals surface area (Å²) in [6.45, 7) is 1.91. The Morgan fingerprint density at radius 1 is 0.816 bits per heavy atom. The summed E-state index contributed by atoms with van der Waals surface area (Å²) < 4.78 is 40.0. The molecule has 0 N–H and O–H groups in total. The van der Waals surface area contributed by atoms with Crippen molar-refractivity contribution in [3.8, 4) is 11.5 Å². The second kappa shape index (κ2) is 11.1. The Labute approximate surface area is 220 Å². The Morgan fingerprint density at radius 3 is 1.92 bits per heavy atom. The smallest absolute Gasteiger partial charge is 0.289 e. The van der Waals surface area contributed by atoms with Crippen molar-refractivity contribution >= 4 is 32.9 Å². The molecule has 0 radical (unpaired) electrons. The third kappa shape index (κ3) is 5.50. The summed E-state index contributed by atoms with van der Waals surface area (Å²) in [7, 11) is -1.50. The van der Waals surface area contributed by atoms with Gasteiger partial charge in [0.1, 0.15) is 11.5 Å². The third-order valence-electron chi connectivity index (χ3n) is 5.70. The molecule has 0 fully saturated rings. The molecule has 9 nitrogen and oxygen atoms in total. The number of para-hydroxylation sites is 1. The number of nitro benzene ring substituents is 1. The molecular formula is C28H25N3O6S. The van der Waals surface area contributed by atoms with Gasteiger partial charge in [0.25, 0.3) is 15.7 Å². The fraction of sp³-hybridized carbons (Fsp3) is 0.107. The maximum atomic E-state index is 14.3. The molecule has 4 rings (SSSR count). The molecule has 0 saturated heterocycles. The summed E-state index contributed by atoms with van der Waals surface area (Å²) in [4.78, 5) is 15.4. The molecule has 0 unspecified atom stereocenters. The Hall–Kier alpha value is -4.70. The Kier molecular flexibility index (Phi) is 7.73. The van der Waals surface area contributed by atoms with Crippen LogP contribution in [0.2, 0.25) is 0 Å². The standard InChI is InChI=1S/C28H25N3O6S/c1-20-8-10-21(11-9-20)28(29-22-12-16-24(36-2)17-13-22)30(23-14-18-25(37-3)19-15-23)38(34,35)27-7-5-4-6-26(27)31(32)33/h4-19H,1-3H3. The first-order valence-corrected chi connectivity index (χ1v) is 12.9. The normalized spacial score (nSPS) is 11.6. The number of nitro groups is 1. The van der Waals surface area contributed by atoms with Gasteiger partial charge in [0.15, 0.2) is 10.7 Å². The second-order valence-electron chi connectivity index (χ2n) is 8.19. The van der Waals surface area contributed by atoms with E-state index in [0.717, 1.165) is 15.9 Å². The topological polar surface area (TPSA) is 111 Å². The van der Waals surface area contributed by atoms with Crippen LogP contribution in [0.25, 0.3) is 0 Å². The van der Waals surface area contributed by atoms with Gasteiger partial charge in [0.2, 0.25) is 0 Å². The molecule has 4 aromatic carbocycles. The molecule has 4 aromatic rings. The second-order valence-corrected chi connectivity index (χ2v) is 9.95. The lowest BCUT2D eigenvalue weighted by atomic mass is 10.1. The van der Waals surface area contributed by atoms with Crippen LogP contribution in [-0.2, 0) is 10.0 Å². The Morgan fingerprint density at radius 2 is 1.37 bits per heavy atom. The van der Waals surface area contributed by atoms with Gasteiger partial charge in [-0.3, -0.25) is 10.1 Å². The minimum absolute atomic E-state index is 0.0542. The first-order valence-electron chi connectivity index (χ1n) is 11.5. The van der Waals surface area contributed by atoms with Gasteiger partial charge >= 0.3 is 0 Å². The zero-order valence-electron chi connectivity index (χ0n) is 20.9. The van der Waals surface area contributed by atoms with Crippen molar-refractivity contribution < 1.29 is 22.8 Å². The predicted octanol–water partition coefficient (Wildman–Crippen LogP) is 5.89. The molecule has 0 heterocycles. The molecular weight excluding hydrogens is 506 g/mol. The van der Waals surface area contributed by atoms with Crippen molar-refractivity contribution in [1.29, 1.82) is 0 Å². The number of amidine groups is 1. The molecule has 0 aliphatic heterocycles. The van der Waals surface area contributed by atoms with E-state index in [1.165, 1.54) is 25.3 Å². The number of benzene rings is 4. The lowest BCUT2D eigenvalue weighted by Crippen LogP contribution is -2.38. The first kappa shape index (κ1) is 26.4. The van der Waals surface area contributed by atoms with Crippen molar-refractivity contribution in [3.63, 3.8) is 0 Å². The molecule has 0 atom stereocenters. The van der Waals surface area contributed by atoms with E-state index in [9.17, 15) is 18.5 Å². The van der Waals surface area contributed by atoms with E-state index < -0.39 is 25.5 Å².